The van der Waals surface area contributed by atoms with E-state index in [0.29, 0.717) is 29.2 Å². The number of hydrogen-bond acceptors (Lipinski definition) is 6. The number of aromatic nitrogens is 4. The van der Waals surface area contributed by atoms with Crippen LogP contribution in [0.2, 0.25) is 0 Å². The Kier molecular flexibility index (Phi) is 6.66. The van der Waals surface area contributed by atoms with Crippen LogP contribution in [0, 0.1) is 12.8 Å². The smallest absolute Gasteiger partial charge is 0.480 e. The maximum absolute atomic E-state index is 12.3. The van der Waals surface area contributed by atoms with E-state index >= 15 is 0 Å². The number of halogens is 3. The number of rotatable bonds is 8. The molecule has 1 atom stereocenters. The van der Waals surface area contributed by atoms with Gasteiger partial charge in [0.25, 0.3) is 0 Å². The fourth-order valence-electron chi connectivity index (χ4n) is 3.02. The molecule has 0 aliphatic heterocycles. The van der Waals surface area contributed by atoms with E-state index in [0.717, 1.165) is 0 Å². The van der Waals surface area contributed by atoms with Crippen LogP contribution in [0.25, 0.3) is 17.2 Å². The number of aliphatic carboxylic acids is 1. The summed E-state index contributed by atoms with van der Waals surface area (Å²) in [5, 5.41) is 12.4. The first kappa shape index (κ1) is 23.0. The number of carbonyl (C=O) groups is 1. The molecule has 0 fully saturated rings. The van der Waals surface area contributed by atoms with Crippen molar-refractivity contribution in [1.82, 2.24) is 19.5 Å². The summed E-state index contributed by atoms with van der Waals surface area (Å²) in [4.78, 5) is 24.6. The highest BCUT2D eigenvalue weighted by Crippen LogP contribution is 2.26. The number of ether oxygens (including phenoxy) is 1. The third-order valence-corrected chi connectivity index (χ3v) is 4.37. The van der Waals surface area contributed by atoms with Crippen LogP contribution < -0.4 is 10.1 Å². The van der Waals surface area contributed by atoms with Gasteiger partial charge in [-0.05, 0) is 43.5 Å². The van der Waals surface area contributed by atoms with Gasteiger partial charge in [-0.15, -0.1) is 13.2 Å². The minimum Gasteiger partial charge on any atom is -0.480 e. The molecule has 2 N–H and O–H groups in total. The van der Waals surface area contributed by atoms with Crippen LogP contribution >= 0.6 is 0 Å². The lowest BCUT2D eigenvalue weighted by atomic mass is 10.0. The Bertz CT molecular complexity index is 1080. The summed E-state index contributed by atoms with van der Waals surface area (Å²) >= 11 is 0. The maximum Gasteiger partial charge on any atom is 0.573 e. The van der Waals surface area contributed by atoms with Crippen molar-refractivity contribution in [3.05, 3.63) is 48.5 Å². The number of benzene rings is 1. The number of hydrogen-bond donors (Lipinski definition) is 2. The van der Waals surface area contributed by atoms with E-state index in [9.17, 15) is 23.1 Å². The molecule has 1 aromatic carbocycles. The summed E-state index contributed by atoms with van der Waals surface area (Å²) in [6, 6.07) is 6.17. The highest BCUT2D eigenvalue weighted by Gasteiger charge is 2.31. The molecule has 2 heterocycles. The largest absolute Gasteiger partial charge is 0.573 e. The zero-order valence-corrected chi connectivity index (χ0v) is 17.6. The molecular formula is C21H22F3N5O3. The first-order valence-electron chi connectivity index (χ1n) is 9.76. The van der Waals surface area contributed by atoms with E-state index in [1.165, 1.54) is 30.6 Å². The Morgan fingerprint density at radius 3 is 2.50 bits per heavy atom. The molecule has 0 radical (unpaired) electrons. The van der Waals surface area contributed by atoms with Gasteiger partial charge in [-0.2, -0.15) is 4.98 Å². The Morgan fingerprint density at radius 2 is 1.91 bits per heavy atom. The molecule has 0 saturated carbocycles. The van der Waals surface area contributed by atoms with Crippen molar-refractivity contribution in [3.8, 4) is 23.0 Å². The summed E-state index contributed by atoms with van der Waals surface area (Å²) in [5.41, 5.74) is 1.69. The summed E-state index contributed by atoms with van der Waals surface area (Å²) in [5.74, 6) is -0.483. The van der Waals surface area contributed by atoms with E-state index in [-0.39, 0.29) is 17.6 Å². The molecule has 8 nitrogen and oxygen atoms in total. The normalized spacial score (nSPS) is 12.6. The Balaban J connectivity index is 1.82. The van der Waals surface area contributed by atoms with Crippen LogP contribution in [0.15, 0.2) is 42.9 Å². The van der Waals surface area contributed by atoms with Crippen molar-refractivity contribution in [2.75, 3.05) is 5.32 Å². The molecule has 3 rings (SSSR count). The van der Waals surface area contributed by atoms with Crippen molar-refractivity contribution >= 4 is 11.8 Å². The van der Waals surface area contributed by atoms with Gasteiger partial charge in [0.1, 0.15) is 23.9 Å². The second-order valence-electron chi connectivity index (χ2n) is 7.60. The van der Waals surface area contributed by atoms with E-state index in [4.69, 9.17) is 0 Å². The lowest BCUT2D eigenvalue weighted by Gasteiger charge is -2.17. The van der Waals surface area contributed by atoms with Crippen LogP contribution in [0.3, 0.4) is 0 Å². The zero-order chi connectivity index (χ0) is 23.5. The van der Waals surface area contributed by atoms with Gasteiger partial charge in [-0.1, -0.05) is 13.8 Å². The fraction of sp³-hybridized carbons (Fsp3) is 0.333. The van der Waals surface area contributed by atoms with Crippen LogP contribution in [-0.2, 0) is 4.79 Å². The molecule has 0 aliphatic carbocycles. The van der Waals surface area contributed by atoms with Crippen LogP contribution in [-0.4, -0.2) is 43.0 Å². The third-order valence-electron chi connectivity index (χ3n) is 4.37. The lowest BCUT2D eigenvalue weighted by Crippen LogP contribution is -2.31. The second-order valence-corrected chi connectivity index (χ2v) is 7.60. The third kappa shape index (κ3) is 6.19. The zero-order valence-electron chi connectivity index (χ0n) is 17.6. The SMILES string of the molecule is Cc1cc(N[C@@H](CC(C)C)C(=O)O)nc(-n2cnc(-c3ccc(OC(F)(F)F)cc3)c2)n1. The Morgan fingerprint density at radius 1 is 1.22 bits per heavy atom. The van der Waals surface area contributed by atoms with Gasteiger partial charge in [0.05, 0.1) is 5.69 Å². The predicted octanol–water partition coefficient (Wildman–Crippen LogP) is 4.45. The highest BCUT2D eigenvalue weighted by atomic mass is 19.4. The molecule has 3 aromatic rings. The summed E-state index contributed by atoms with van der Waals surface area (Å²) < 4.78 is 42.4. The van der Waals surface area contributed by atoms with Crippen molar-refractivity contribution in [1.29, 1.82) is 0 Å². The van der Waals surface area contributed by atoms with Gasteiger partial charge in [0.2, 0.25) is 5.95 Å². The van der Waals surface area contributed by atoms with Gasteiger partial charge in [0, 0.05) is 23.5 Å². The Labute approximate surface area is 182 Å². The van der Waals surface area contributed by atoms with E-state index in [2.05, 4.69) is 25.0 Å². The van der Waals surface area contributed by atoms with E-state index in [1.54, 1.807) is 23.8 Å². The van der Waals surface area contributed by atoms with Gasteiger partial charge < -0.3 is 15.2 Å². The minimum absolute atomic E-state index is 0.176. The van der Waals surface area contributed by atoms with Crippen molar-refractivity contribution < 1.29 is 27.8 Å². The average molecular weight is 449 g/mol. The highest BCUT2D eigenvalue weighted by molar-refractivity contribution is 5.76. The van der Waals surface area contributed by atoms with Gasteiger partial charge in [-0.3, -0.25) is 4.57 Å². The fourth-order valence-corrected chi connectivity index (χ4v) is 3.02. The number of anilines is 1. The van der Waals surface area contributed by atoms with Crippen molar-refractivity contribution in [3.63, 3.8) is 0 Å². The molecule has 0 saturated heterocycles. The summed E-state index contributed by atoms with van der Waals surface area (Å²) in [7, 11) is 0. The summed E-state index contributed by atoms with van der Waals surface area (Å²) in [6.45, 7) is 5.62. The molecule has 0 amide bonds. The van der Waals surface area contributed by atoms with Gasteiger partial charge in [-0.25, -0.2) is 14.8 Å². The first-order chi connectivity index (χ1) is 15.0. The van der Waals surface area contributed by atoms with Crippen molar-refractivity contribution in [2.24, 2.45) is 5.92 Å². The molecule has 0 aliphatic rings. The number of aryl methyl sites for hydroxylation is 1. The number of carboxylic acid groups (broad SMARTS) is 1. The average Bonchev–Trinajstić information content (AvgIpc) is 3.16. The van der Waals surface area contributed by atoms with Crippen LogP contribution in [0.5, 0.6) is 5.75 Å². The topological polar surface area (TPSA) is 102 Å². The van der Waals surface area contributed by atoms with Gasteiger partial charge in [0.15, 0.2) is 0 Å². The van der Waals surface area contributed by atoms with Gasteiger partial charge >= 0.3 is 12.3 Å². The molecule has 32 heavy (non-hydrogen) atoms. The number of imidazole rings is 1. The van der Waals surface area contributed by atoms with Crippen LogP contribution in [0.1, 0.15) is 26.0 Å². The summed E-state index contributed by atoms with van der Waals surface area (Å²) in [6.07, 6.45) is -1.24. The number of alkyl halides is 3. The van der Waals surface area contributed by atoms with Crippen molar-refractivity contribution in [2.45, 2.75) is 39.6 Å². The molecule has 0 bridgehead atoms. The molecule has 170 valence electrons. The number of carboxylic acids is 1. The standard InChI is InChI=1S/C21H22F3N5O3/c1-12(2)8-16(19(30)31)27-18-9-13(3)26-20(28-18)29-10-17(25-11-29)14-4-6-15(7-5-14)32-21(22,23)24/h4-7,9-12,16H,8H2,1-3H3,(H,30,31)(H,26,27,28)/t16-/m0/s1. The molecule has 11 heteroatoms. The lowest BCUT2D eigenvalue weighted by molar-refractivity contribution is -0.274. The monoisotopic (exact) mass is 449 g/mol. The maximum atomic E-state index is 12.3. The molecule has 2 aromatic heterocycles. The van der Waals surface area contributed by atoms with E-state index < -0.39 is 18.4 Å². The minimum atomic E-state index is -4.76. The molecule has 0 unspecified atom stereocenters. The molecular weight excluding hydrogens is 427 g/mol. The Hall–Kier alpha value is -3.63. The quantitative estimate of drug-likeness (QED) is 0.524. The second kappa shape index (κ2) is 9.25. The first-order valence-corrected chi connectivity index (χ1v) is 9.76. The van der Waals surface area contributed by atoms with Crippen LogP contribution in [0.4, 0.5) is 19.0 Å². The number of nitrogens with one attached hydrogen (secondary N) is 1. The van der Waals surface area contributed by atoms with E-state index in [1.807, 2.05) is 13.8 Å². The number of nitrogens with zero attached hydrogens (tertiary/aromatic N) is 4. The predicted molar refractivity (Wildman–Crippen MR) is 111 cm³/mol. The molecule has 0 spiro atoms.